The van der Waals surface area contributed by atoms with E-state index >= 15 is 0 Å². The highest BCUT2D eigenvalue weighted by molar-refractivity contribution is 4.62. The zero-order chi connectivity index (χ0) is 8.20. The summed E-state index contributed by atoms with van der Waals surface area (Å²) in [5.41, 5.74) is 5.61. The Morgan fingerprint density at radius 3 is 1.80 bits per heavy atom. The first-order chi connectivity index (χ1) is 4.54. The van der Waals surface area contributed by atoms with Crippen molar-refractivity contribution in [2.75, 3.05) is 34.9 Å². The van der Waals surface area contributed by atoms with Crippen LogP contribution in [0.5, 0.6) is 0 Å². The molecule has 0 aromatic rings. The highest BCUT2D eigenvalue weighted by Gasteiger charge is 2.23. The number of nitrogens with zero attached hydrogens (tertiary/aromatic N) is 1. The van der Waals surface area contributed by atoms with Crippen LogP contribution >= 0.6 is 0 Å². The third kappa shape index (κ3) is 3.12. The SMILES string of the molecule is COC(N)(CN(C)C)OC. The lowest BCUT2D eigenvalue weighted by atomic mass is 10.4. The Hall–Kier alpha value is -0.160. The average Bonchev–Trinajstić information content (AvgIpc) is 1.87. The van der Waals surface area contributed by atoms with Gasteiger partial charge >= 0.3 is 0 Å². The Labute approximate surface area is 61.9 Å². The maximum Gasteiger partial charge on any atom is 0.237 e. The fourth-order valence-electron chi connectivity index (χ4n) is 0.653. The minimum Gasteiger partial charge on any atom is -0.340 e. The van der Waals surface area contributed by atoms with Gasteiger partial charge in [-0.15, -0.1) is 0 Å². The highest BCUT2D eigenvalue weighted by Crippen LogP contribution is 2.02. The van der Waals surface area contributed by atoms with Gasteiger partial charge in [-0.2, -0.15) is 0 Å². The molecule has 0 aromatic heterocycles. The maximum absolute atomic E-state index is 5.61. The highest BCUT2D eigenvalue weighted by atomic mass is 16.7. The molecule has 10 heavy (non-hydrogen) atoms. The van der Waals surface area contributed by atoms with Crippen molar-refractivity contribution in [3.8, 4) is 0 Å². The van der Waals surface area contributed by atoms with E-state index in [9.17, 15) is 0 Å². The van der Waals surface area contributed by atoms with Crippen LogP contribution in [0.3, 0.4) is 0 Å². The topological polar surface area (TPSA) is 47.7 Å². The quantitative estimate of drug-likeness (QED) is 0.544. The van der Waals surface area contributed by atoms with Crippen LogP contribution in [0.25, 0.3) is 0 Å². The van der Waals surface area contributed by atoms with Crippen LogP contribution in [0.2, 0.25) is 0 Å². The van der Waals surface area contributed by atoms with E-state index < -0.39 is 5.91 Å². The molecule has 0 spiro atoms. The molecule has 0 atom stereocenters. The Bertz CT molecular complexity index is 91.7. The minimum absolute atomic E-state index is 0.542. The first-order valence-corrected chi connectivity index (χ1v) is 3.08. The van der Waals surface area contributed by atoms with Gasteiger partial charge in [-0.1, -0.05) is 0 Å². The van der Waals surface area contributed by atoms with Crippen LogP contribution in [0.15, 0.2) is 0 Å². The fourth-order valence-corrected chi connectivity index (χ4v) is 0.653. The van der Waals surface area contributed by atoms with Gasteiger partial charge in [0.2, 0.25) is 5.91 Å². The zero-order valence-electron chi connectivity index (χ0n) is 7.05. The van der Waals surface area contributed by atoms with Gasteiger partial charge in [0.1, 0.15) is 0 Å². The van der Waals surface area contributed by atoms with Gasteiger partial charge in [-0.3, -0.25) is 5.73 Å². The lowest BCUT2D eigenvalue weighted by Gasteiger charge is -2.28. The summed E-state index contributed by atoms with van der Waals surface area (Å²) >= 11 is 0. The second kappa shape index (κ2) is 3.88. The normalized spacial score (nSPS) is 12.6. The summed E-state index contributed by atoms with van der Waals surface area (Å²) in [6, 6.07) is 0. The van der Waals surface area contributed by atoms with E-state index in [1.165, 1.54) is 14.2 Å². The maximum atomic E-state index is 5.61. The zero-order valence-corrected chi connectivity index (χ0v) is 7.05. The minimum atomic E-state index is -0.969. The Kier molecular flexibility index (Phi) is 3.81. The van der Waals surface area contributed by atoms with Gasteiger partial charge < -0.3 is 14.4 Å². The van der Waals surface area contributed by atoms with Crippen molar-refractivity contribution in [1.29, 1.82) is 0 Å². The Morgan fingerprint density at radius 2 is 1.70 bits per heavy atom. The molecule has 62 valence electrons. The molecule has 0 saturated heterocycles. The van der Waals surface area contributed by atoms with Crippen molar-refractivity contribution in [2.24, 2.45) is 5.73 Å². The van der Waals surface area contributed by atoms with Gasteiger partial charge in [0, 0.05) is 14.2 Å². The molecule has 0 amide bonds. The van der Waals surface area contributed by atoms with Crippen molar-refractivity contribution in [2.45, 2.75) is 5.91 Å². The number of likely N-dealkylation sites (N-methyl/N-ethyl adjacent to an activating group) is 1. The van der Waals surface area contributed by atoms with Gasteiger partial charge in [-0.25, -0.2) is 0 Å². The summed E-state index contributed by atoms with van der Waals surface area (Å²) in [4.78, 5) is 1.90. The lowest BCUT2D eigenvalue weighted by molar-refractivity contribution is -0.209. The van der Waals surface area contributed by atoms with Crippen molar-refractivity contribution in [1.82, 2.24) is 4.90 Å². The first-order valence-electron chi connectivity index (χ1n) is 3.08. The second-order valence-corrected chi connectivity index (χ2v) is 2.46. The average molecular weight is 148 g/mol. The molecule has 0 aliphatic heterocycles. The summed E-state index contributed by atoms with van der Waals surface area (Å²) in [5, 5.41) is 0. The molecule has 0 saturated carbocycles. The molecule has 4 nitrogen and oxygen atoms in total. The Balaban J connectivity index is 3.80. The largest absolute Gasteiger partial charge is 0.340 e. The van der Waals surface area contributed by atoms with E-state index in [-0.39, 0.29) is 0 Å². The molecule has 0 fully saturated rings. The summed E-state index contributed by atoms with van der Waals surface area (Å²) < 4.78 is 9.82. The predicted octanol–water partition coefficient (Wildman–Crippen LogP) is -0.547. The first kappa shape index (κ1) is 9.84. The monoisotopic (exact) mass is 148 g/mol. The van der Waals surface area contributed by atoms with Crippen LogP contribution in [-0.4, -0.2) is 45.7 Å². The summed E-state index contributed by atoms with van der Waals surface area (Å²) in [5.74, 6) is -0.969. The molecular weight excluding hydrogens is 132 g/mol. The molecule has 0 unspecified atom stereocenters. The molecule has 0 radical (unpaired) electrons. The van der Waals surface area contributed by atoms with E-state index in [0.29, 0.717) is 6.54 Å². The van der Waals surface area contributed by atoms with Gasteiger partial charge in [0.25, 0.3) is 0 Å². The fraction of sp³-hybridized carbons (Fsp3) is 1.00. The number of hydrogen-bond acceptors (Lipinski definition) is 4. The molecule has 2 N–H and O–H groups in total. The summed E-state index contributed by atoms with van der Waals surface area (Å²) in [7, 11) is 6.85. The molecule has 0 heterocycles. The molecule has 0 aromatic carbocycles. The van der Waals surface area contributed by atoms with Crippen LogP contribution in [-0.2, 0) is 9.47 Å². The van der Waals surface area contributed by atoms with Crippen LogP contribution in [0.1, 0.15) is 0 Å². The van der Waals surface area contributed by atoms with E-state index in [1.807, 2.05) is 19.0 Å². The van der Waals surface area contributed by atoms with E-state index in [4.69, 9.17) is 15.2 Å². The third-order valence-electron chi connectivity index (χ3n) is 1.23. The summed E-state index contributed by atoms with van der Waals surface area (Å²) in [6.07, 6.45) is 0. The second-order valence-electron chi connectivity index (χ2n) is 2.46. The molecule has 0 aliphatic rings. The molecule has 0 bridgehead atoms. The van der Waals surface area contributed by atoms with E-state index in [1.54, 1.807) is 0 Å². The van der Waals surface area contributed by atoms with E-state index in [2.05, 4.69) is 0 Å². The third-order valence-corrected chi connectivity index (χ3v) is 1.23. The molecular formula is C6H16N2O2. The van der Waals surface area contributed by atoms with Crippen molar-refractivity contribution in [3.05, 3.63) is 0 Å². The summed E-state index contributed by atoms with van der Waals surface area (Å²) in [6.45, 7) is 0.542. The van der Waals surface area contributed by atoms with Gasteiger partial charge in [0.05, 0.1) is 6.54 Å². The van der Waals surface area contributed by atoms with Crippen molar-refractivity contribution >= 4 is 0 Å². The van der Waals surface area contributed by atoms with Gasteiger partial charge in [0.15, 0.2) is 0 Å². The van der Waals surface area contributed by atoms with Crippen LogP contribution < -0.4 is 5.73 Å². The molecule has 0 rings (SSSR count). The number of nitrogens with two attached hydrogens (primary N) is 1. The molecule has 4 heteroatoms. The number of methoxy groups -OCH3 is 2. The number of rotatable bonds is 4. The van der Waals surface area contributed by atoms with E-state index in [0.717, 1.165) is 0 Å². The van der Waals surface area contributed by atoms with Gasteiger partial charge in [-0.05, 0) is 14.1 Å². The van der Waals surface area contributed by atoms with Crippen molar-refractivity contribution in [3.63, 3.8) is 0 Å². The number of ether oxygens (including phenoxy) is 2. The van der Waals surface area contributed by atoms with Crippen molar-refractivity contribution < 1.29 is 9.47 Å². The van der Waals surface area contributed by atoms with Crippen LogP contribution in [0, 0.1) is 0 Å². The molecule has 0 aliphatic carbocycles. The Morgan fingerprint density at radius 1 is 1.30 bits per heavy atom. The standard InChI is InChI=1S/C6H16N2O2/c1-8(2)5-6(7,9-3)10-4/h5,7H2,1-4H3. The predicted molar refractivity (Wildman–Crippen MR) is 39.5 cm³/mol. The smallest absolute Gasteiger partial charge is 0.237 e. The van der Waals surface area contributed by atoms with Crippen LogP contribution in [0.4, 0.5) is 0 Å². The number of hydrogen-bond donors (Lipinski definition) is 1. The lowest BCUT2D eigenvalue weighted by Crippen LogP contribution is -2.51.